The van der Waals surface area contributed by atoms with Crippen molar-refractivity contribution in [1.82, 2.24) is 9.88 Å². The van der Waals surface area contributed by atoms with E-state index in [4.69, 9.17) is 0 Å². The molecule has 0 bridgehead atoms. The summed E-state index contributed by atoms with van der Waals surface area (Å²) in [5, 5.41) is 10.0. The van der Waals surface area contributed by atoms with Gasteiger partial charge in [-0.3, -0.25) is 4.90 Å². The first kappa shape index (κ1) is 15.5. The summed E-state index contributed by atoms with van der Waals surface area (Å²) in [4.78, 5) is 7.21. The van der Waals surface area contributed by atoms with Crippen LogP contribution in [0.3, 0.4) is 0 Å². The first-order valence-electron chi connectivity index (χ1n) is 6.58. The summed E-state index contributed by atoms with van der Waals surface area (Å²) in [5.41, 5.74) is 0. The van der Waals surface area contributed by atoms with Gasteiger partial charge in [-0.05, 0) is 6.42 Å². The lowest BCUT2D eigenvalue weighted by Gasteiger charge is -2.35. The van der Waals surface area contributed by atoms with Gasteiger partial charge < -0.3 is 10.0 Å². The quantitative estimate of drug-likeness (QED) is 0.924. The van der Waals surface area contributed by atoms with Crippen molar-refractivity contribution < 1.29 is 18.3 Å². The molecule has 1 aliphatic heterocycles. The fourth-order valence-corrected chi connectivity index (χ4v) is 2.93. The minimum atomic E-state index is -4.32. The van der Waals surface area contributed by atoms with Crippen molar-refractivity contribution in [3.8, 4) is 0 Å². The van der Waals surface area contributed by atoms with E-state index >= 15 is 0 Å². The Labute approximate surface area is 119 Å². The zero-order chi connectivity index (χ0) is 14.8. The molecule has 0 saturated carbocycles. The molecule has 20 heavy (non-hydrogen) atoms. The van der Waals surface area contributed by atoms with Gasteiger partial charge in [-0.1, -0.05) is 18.3 Å². The Morgan fingerprint density at radius 3 is 2.50 bits per heavy atom. The average Bonchev–Trinajstić information content (AvgIpc) is 2.89. The summed E-state index contributed by atoms with van der Waals surface area (Å²) >= 11 is 0.688. The molecule has 1 N–H and O–H groups in total. The number of alkyl halides is 3. The number of thiazole rings is 1. The molecule has 1 atom stereocenters. The maximum atomic E-state index is 12.5. The largest absolute Gasteiger partial charge is 0.427 e. The normalized spacial score (nSPS) is 19.4. The van der Waals surface area contributed by atoms with E-state index in [1.54, 1.807) is 0 Å². The van der Waals surface area contributed by atoms with E-state index < -0.39 is 11.1 Å². The Bertz CT molecular complexity index is 430. The predicted molar refractivity (Wildman–Crippen MR) is 72.1 cm³/mol. The number of anilines is 1. The Morgan fingerprint density at radius 2 is 2.00 bits per heavy atom. The maximum Gasteiger partial charge on any atom is 0.427 e. The molecular formula is C12H18F3N3OS. The SMILES string of the molecule is CCC(O)CN1CCN(c2ncc(C(F)(F)F)s2)CC1. The van der Waals surface area contributed by atoms with Crippen LogP contribution < -0.4 is 4.90 Å². The van der Waals surface area contributed by atoms with E-state index in [2.05, 4.69) is 9.88 Å². The Morgan fingerprint density at radius 1 is 1.35 bits per heavy atom. The van der Waals surface area contributed by atoms with Crippen molar-refractivity contribution in [2.75, 3.05) is 37.6 Å². The van der Waals surface area contributed by atoms with Gasteiger partial charge in [0.05, 0.1) is 12.3 Å². The van der Waals surface area contributed by atoms with Gasteiger partial charge in [-0.15, -0.1) is 0 Å². The van der Waals surface area contributed by atoms with E-state index in [9.17, 15) is 18.3 Å². The van der Waals surface area contributed by atoms with Crippen LogP contribution in [0.25, 0.3) is 0 Å². The average molecular weight is 309 g/mol. The number of halogens is 3. The molecule has 1 fully saturated rings. The first-order chi connectivity index (χ1) is 9.40. The standard InChI is InChI=1S/C12H18F3N3OS/c1-2-9(19)8-17-3-5-18(6-4-17)11-16-7-10(20-11)12(13,14)15/h7,9,19H,2-6,8H2,1H3. The lowest BCUT2D eigenvalue weighted by atomic mass is 10.2. The molecule has 2 heterocycles. The van der Waals surface area contributed by atoms with E-state index in [-0.39, 0.29) is 6.10 Å². The highest BCUT2D eigenvalue weighted by Gasteiger charge is 2.34. The summed E-state index contributed by atoms with van der Waals surface area (Å²) in [6.45, 7) is 5.30. The third kappa shape index (κ3) is 3.83. The third-order valence-corrected chi connectivity index (χ3v) is 4.46. The molecule has 0 aromatic carbocycles. The van der Waals surface area contributed by atoms with Crippen molar-refractivity contribution >= 4 is 16.5 Å². The van der Waals surface area contributed by atoms with Crippen LogP contribution in [0.1, 0.15) is 18.2 Å². The molecule has 0 spiro atoms. The molecule has 1 unspecified atom stereocenters. The van der Waals surface area contributed by atoms with Crippen LogP contribution in [0, 0.1) is 0 Å². The number of hydrogen-bond donors (Lipinski definition) is 1. The highest BCUT2D eigenvalue weighted by atomic mass is 32.1. The molecule has 2 rings (SSSR count). The molecule has 1 saturated heterocycles. The summed E-state index contributed by atoms with van der Waals surface area (Å²) in [7, 11) is 0. The van der Waals surface area contributed by atoms with Gasteiger partial charge in [0.15, 0.2) is 5.13 Å². The van der Waals surface area contributed by atoms with Gasteiger partial charge in [0.1, 0.15) is 4.88 Å². The number of hydrogen-bond acceptors (Lipinski definition) is 5. The Balaban J connectivity index is 1.89. The third-order valence-electron chi connectivity index (χ3n) is 3.36. The Kier molecular flexibility index (Phi) is 4.87. The second kappa shape index (κ2) is 6.28. The number of rotatable bonds is 4. The minimum absolute atomic E-state index is 0.335. The van der Waals surface area contributed by atoms with Crippen molar-refractivity contribution in [2.45, 2.75) is 25.6 Å². The highest BCUT2D eigenvalue weighted by Crippen LogP contribution is 2.36. The number of piperazine rings is 1. The van der Waals surface area contributed by atoms with Crippen LogP contribution in [-0.4, -0.2) is 53.8 Å². The molecule has 0 amide bonds. The van der Waals surface area contributed by atoms with Crippen molar-refractivity contribution in [3.63, 3.8) is 0 Å². The molecule has 1 aliphatic rings. The van der Waals surface area contributed by atoms with Gasteiger partial charge in [-0.2, -0.15) is 13.2 Å². The topological polar surface area (TPSA) is 39.6 Å². The Hall–Kier alpha value is -0.860. The highest BCUT2D eigenvalue weighted by molar-refractivity contribution is 7.15. The van der Waals surface area contributed by atoms with Gasteiger partial charge in [0, 0.05) is 32.7 Å². The summed E-state index contributed by atoms with van der Waals surface area (Å²) in [6, 6.07) is 0. The lowest BCUT2D eigenvalue weighted by Crippen LogP contribution is -2.48. The number of aromatic nitrogens is 1. The molecule has 0 aliphatic carbocycles. The van der Waals surface area contributed by atoms with E-state index in [0.717, 1.165) is 19.3 Å². The van der Waals surface area contributed by atoms with Crippen LogP contribution in [0.5, 0.6) is 0 Å². The second-order valence-corrected chi connectivity index (χ2v) is 5.86. The smallest absolute Gasteiger partial charge is 0.392 e. The van der Waals surface area contributed by atoms with Crippen LogP contribution in [-0.2, 0) is 6.18 Å². The molecule has 1 aromatic heterocycles. The van der Waals surface area contributed by atoms with Crippen molar-refractivity contribution in [1.29, 1.82) is 0 Å². The van der Waals surface area contributed by atoms with Crippen LogP contribution in [0.4, 0.5) is 18.3 Å². The monoisotopic (exact) mass is 309 g/mol. The fraction of sp³-hybridized carbons (Fsp3) is 0.750. The van der Waals surface area contributed by atoms with Crippen molar-refractivity contribution in [3.05, 3.63) is 11.1 Å². The van der Waals surface area contributed by atoms with Crippen LogP contribution >= 0.6 is 11.3 Å². The van der Waals surface area contributed by atoms with Gasteiger partial charge in [0.25, 0.3) is 0 Å². The summed E-state index contributed by atoms with van der Waals surface area (Å²) in [6.07, 6.45) is -3.05. The lowest BCUT2D eigenvalue weighted by molar-refractivity contribution is -0.134. The molecule has 114 valence electrons. The van der Waals surface area contributed by atoms with E-state index in [0.29, 0.717) is 42.5 Å². The van der Waals surface area contributed by atoms with Gasteiger partial charge >= 0.3 is 6.18 Å². The zero-order valence-corrected chi connectivity index (χ0v) is 12.0. The fourth-order valence-electron chi connectivity index (χ4n) is 2.09. The molecule has 1 aromatic rings. The predicted octanol–water partition coefficient (Wildman–Crippen LogP) is 2.05. The number of nitrogens with zero attached hydrogens (tertiary/aromatic N) is 3. The number of β-amino-alcohol motifs (C(OH)–C–C–N with tert-alkyl or cyclic N) is 1. The van der Waals surface area contributed by atoms with Gasteiger partial charge in [0.2, 0.25) is 0 Å². The maximum absolute atomic E-state index is 12.5. The van der Waals surface area contributed by atoms with Crippen LogP contribution in [0.15, 0.2) is 6.20 Å². The molecular weight excluding hydrogens is 291 g/mol. The second-order valence-electron chi connectivity index (χ2n) is 4.85. The van der Waals surface area contributed by atoms with Gasteiger partial charge in [-0.25, -0.2) is 4.98 Å². The molecule has 8 heteroatoms. The molecule has 4 nitrogen and oxygen atoms in total. The minimum Gasteiger partial charge on any atom is -0.392 e. The number of aliphatic hydroxyl groups excluding tert-OH is 1. The molecule has 0 radical (unpaired) electrons. The van der Waals surface area contributed by atoms with Crippen molar-refractivity contribution in [2.24, 2.45) is 0 Å². The van der Waals surface area contributed by atoms with Crippen LogP contribution in [0.2, 0.25) is 0 Å². The number of aliphatic hydroxyl groups is 1. The van der Waals surface area contributed by atoms with E-state index in [1.807, 2.05) is 11.8 Å². The first-order valence-corrected chi connectivity index (χ1v) is 7.40. The van der Waals surface area contributed by atoms with E-state index in [1.165, 1.54) is 0 Å². The summed E-state index contributed by atoms with van der Waals surface area (Å²) < 4.78 is 37.6. The summed E-state index contributed by atoms with van der Waals surface area (Å²) in [5.74, 6) is 0. The zero-order valence-electron chi connectivity index (χ0n) is 11.2.